The summed E-state index contributed by atoms with van der Waals surface area (Å²) in [4.78, 5) is 23.9. The molecular formula is C14H14BrN3O2S. The monoisotopic (exact) mass is 367 g/mol. The minimum atomic E-state index is -0.286. The van der Waals surface area contributed by atoms with Crippen molar-refractivity contribution in [1.29, 1.82) is 0 Å². The normalized spacial score (nSPS) is 10.0. The number of rotatable bonds is 3. The van der Waals surface area contributed by atoms with Gasteiger partial charge < -0.3 is 16.0 Å². The van der Waals surface area contributed by atoms with Gasteiger partial charge in [-0.2, -0.15) is 0 Å². The van der Waals surface area contributed by atoms with Gasteiger partial charge in [-0.05, 0) is 58.7 Å². The molecule has 0 aliphatic carbocycles. The molecule has 110 valence electrons. The number of carbonyl (C=O) groups excluding carboxylic acids is 2. The molecule has 1 aromatic heterocycles. The summed E-state index contributed by atoms with van der Waals surface area (Å²) in [6.07, 6.45) is 0. The number of urea groups is 1. The number of aryl methyl sites for hydroxylation is 1. The highest BCUT2D eigenvalue weighted by atomic mass is 79.9. The molecule has 0 radical (unpaired) electrons. The van der Waals surface area contributed by atoms with Crippen LogP contribution in [0.4, 0.5) is 16.2 Å². The fraction of sp³-hybridized carbons (Fsp3) is 0.143. The van der Waals surface area contributed by atoms with E-state index in [2.05, 4.69) is 31.9 Å². The summed E-state index contributed by atoms with van der Waals surface area (Å²) >= 11 is 4.80. The first-order valence-corrected chi connectivity index (χ1v) is 7.76. The van der Waals surface area contributed by atoms with Crippen LogP contribution in [0.25, 0.3) is 0 Å². The lowest BCUT2D eigenvalue weighted by Crippen LogP contribution is -2.24. The molecule has 2 aromatic rings. The predicted molar refractivity (Wildman–Crippen MR) is 89.2 cm³/mol. The molecule has 7 heteroatoms. The van der Waals surface area contributed by atoms with Gasteiger partial charge in [-0.1, -0.05) is 0 Å². The van der Waals surface area contributed by atoms with Gasteiger partial charge in [-0.25, -0.2) is 4.79 Å². The minimum Gasteiger partial charge on any atom is -0.341 e. The van der Waals surface area contributed by atoms with Crippen LogP contribution in [-0.4, -0.2) is 19.0 Å². The first kappa shape index (κ1) is 15.5. The molecule has 1 heterocycles. The van der Waals surface area contributed by atoms with Crippen molar-refractivity contribution in [3.63, 3.8) is 0 Å². The molecule has 0 aliphatic heterocycles. The number of thiophene rings is 1. The maximum atomic E-state index is 12.1. The van der Waals surface area contributed by atoms with Crippen LogP contribution in [0, 0.1) is 6.92 Å². The van der Waals surface area contributed by atoms with Crippen LogP contribution >= 0.6 is 27.3 Å². The molecule has 0 unspecified atom stereocenters. The number of amides is 3. The van der Waals surface area contributed by atoms with E-state index in [1.807, 2.05) is 13.0 Å². The zero-order chi connectivity index (χ0) is 15.4. The molecule has 0 spiro atoms. The summed E-state index contributed by atoms with van der Waals surface area (Å²) in [5.74, 6) is -0.152. The van der Waals surface area contributed by atoms with Gasteiger partial charge in [-0.15, -0.1) is 11.3 Å². The molecule has 0 fully saturated rings. The summed E-state index contributed by atoms with van der Waals surface area (Å²) in [6.45, 7) is 1.94. The van der Waals surface area contributed by atoms with E-state index in [9.17, 15) is 9.59 Å². The highest BCUT2D eigenvalue weighted by Gasteiger charge is 2.11. The summed E-state index contributed by atoms with van der Waals surface area (Å²) < 4.78 is 0.956. The van der Waals surface area contributed by atoms with Crippen LogP contribution in [0.3, 0.4) is 0 Å². The molecule has 0 bridgehead atoms. The predicted octanol–water partition coefficient (Wildman–Crippen LogP) is 3.82. The average molecular weight is 368 g/mol. The van der Waals surface area contributed by atoms with Crippen molar-refractivity contribution in [1.82, 2.24) is 5.32 Å². The number of hydrogen-bond donors (Lipinski definition) is 3. The van der Waals surface area contributed by atoms with Crippen molar-refractivity contribution in [2.24, 2.45) is 0 Å². The van der Waals surface area contributed by atoms with Gasteiger partial charge in [0.05, 0.1) is 8.66 Å². The number of hydrogen-bond acceptors (Lipinski definition) is 3. The van der Waals surface area contributed by atoms with Crippen molar-refractivity contribution in [2.45, 2.75) is 6.92 Å². The van der Waals surface area contributed by atoms with E-state index < -0.39 is 0 Å². The topological polar surface area (TPSA) is 70.2 Å². The lowest BCUT2D eigenvalue weighted by atomic mass is 10.2. The van der Waals surface area contributed by atoms with Gasteiger partial charge in [0.25, 0.3) is 5.91 Å². The fourth-order valence-electron chi connectivity index (χ4n) is 1.59. The lowest BCUT2D eigenvalue weighted by molar-refractivity contribution is 0.103. The maximum Gasteiger partial charge on any atom is 0.318 e. The number of benzene rings is 1. The van der Waals surface area contributed by atoms with Gasteiger partial charge in [0.1, 0.15) is 0 Å². The zero-order valence-electron chi connectivity index (χ0n) is 11.5. The van der Waals surface area contributed by atoms with Crippen molar-refractivity contribution in [3.05, 3.63) is 44.6 Å². The third-order valence-corrected chi connectivity index (χ3v) is 4.84. The lowest BCUT2D eigenvalue weighted by Gasteiger charge is -2.06. The summed E-state index contributed by atoms with van der Waals surface area (Å²) in [5.41, 5.74) is 2.36. The molecule has 2 rings (SSSR count). The molecule has 5 nitrogen and oxygen atoms in total. The molecule has 3 amide bonds. The number of halogens is 1. The Bertz CT molecular complexity index is 648. The molecule has 0 atom stereocenters. The Balaban J connectivity index is 2.03. The second kappa shape index (κ2) is 6.73. The Morgan fingerprint density at radius 1 is 1.10 bits per heavy atom. The Labute approximate surface area is 134 Å². The van der Waals surface area contributed by atoms with E-state index in [0.29, 0.717) is 16.3 Å². The quantitative estimate of drug-likeness (QED) is 0.771. The standard InChI is InChI=1S/C14H14BrN3O2S/c1-8-7-11(21-12(8)15)13(19)17-9-3-5-10(6-4-9)18-14(20)16-2/h3-7H,1-2H3,(H,17,19)(H2,16,18,20). The van der Waals surface area contributed by atoms with Crippen molar-refractivity contribution in [2.75, 3.05) is 17.7 Å². The fourth-order valence-corrected chi connectivity index (χ4v) is 3.03. The van der Waals surface area contributed by atoms with E-state index in [1.165, 1.54) is 11.3 Å². The Hall–Kier alpha value is -1.86. The SMILES string of the molecule is CNC(=O)Nc1ccc(NC(=O)c2cc(C)c(Br)s2)cc1. The van der Waals surface area contributed by atoms with Crippen LogP contribution in [-0.2, 0) is 0 Å². The average Bonchev–Trinajstić information content (AvgIpc) is 2.81. The Kier molecular flexibility index (Phi) is 4.98. The summed E-state index contributed by atoms with van der Waals surface area (Å²) in [5, 5.41) is 7.93. The Morgan fingerprint density at radius 2 is 1.67 bits per heavy atom. The number of nitrogens with one attached hydrogen (secondary N) is 3. The summed E-state index contributed by atoms with van der Waals surface area (Å²) in [6, 6.07) is 8.47. The van der Waals surface area contributed by atoms with Gasteiger partial charge in [0.15, 0.2) is 0 Å². The number of carbonyl (C=O) groups is 2. The highest BCUT2D eigenvalue weighted by molar-refractivity contribution is 9.11. The Morgan fingerprint density at radius 3 is 2.14 bits per heavy atom. The first-order valence-electron chi connectivity index (χ1n) is 6.15. The van der Waals surface area contributed by atoms with Crippen molar-refractivity contribution in [3.8, 4) is 0 Å². The molecule has 21 heavy (non-hydrogen) atoms. The van der Waals surface area contributed by atoms with Gasteiger partial charge in [-0.3, -0.25) is 4.79 Å². The molecule has 1 aromatic carbocycles. The smallest absolute Gasteiger partial charge is 0.318 e. The van der Waals surface area contributed by atoms with E-state index >= 15 is 0 Å². The molecule has 0 aliphatic rings. The highest BCUT2D eigenvalue weighted by Crippen LogP contribution is 2.28. The molecule has 0 saturated carbocycles. The van der Waals surface area contributed by atoms with Crippen molar-refractivity contribution < 1.29 is 9.59 Å². The van der Waals surface area contributed by atoms with Crippen LogP contribution < -0.4 is 16.0 Å². The molecular weight excluding hydrogens is 354 g/mol. The molecule has 0 saturated heterocycles. The minimum absolute atomic E-state index is 0.152. The zero-order valence-corrected chi connectivity index (χ0v) is 13.9. The van der Waals surface area contributed by atoms with Gasteiger partial charge >= 0.3 is 6.03 Å². The van der Waals surface area contributed by atoms with Gasteiger partial charge in [0, 0.05) is 18.4 Å². The van der Waals surface area contributed by atoms with Crippen LogP contribution in [0.2, 0.25) is 0 Å². The van der Waals surface area contributed by atoms with E-state index in [1.54, 1.807) is 31.3 Å². The van der Waals surface area contributed by atoms with Crippen LogP contribution in [0.5, 0.6) is 0 Å². The third kappa shape index (κ3) is 4.05. The van der Waals surface area contributed by atoms with Crippen molar-refractivity contribution >= 4 is 50.6 Å². The number of anilines is 2. The van der Waals surface area contributed by atoms with E-state index in [0.717, 1.165) is 9.35 Å². The van der Waals surface area contributed by atoms with Crippen LogP contribution in [0.1, 0.15) is 15.2 Å². The third-order valence-electron chi connectivity index (χ3n) is 2.71. The van der Waals surface area contributed by atoms with Gasteiger partial charge in [0.2, 0.25) is 0 Å². The second-order valence-electron chi connectivity index (χ2n) is 4.30. The molecule has 3 N–H and O–H groups in total. The second-order valence-corrected chi connectivity index (χ2v) is 6.67. The van der Waals surface area contributed by atoms with E-state index in [4.69, 9.17) is 0 Å². The first-order chi connectivity index (χ1) is 9.99. The van der Waals surface area contributed by atoms with Crippen LogP contribution in [0.15, 0.2) is 34.1 Å². The maximum absolute atomic E-state index is 12.1. The summed E-state index contributed by atoms with van der Waals surface area (Å²) in [7, 11) is 1.55. The van der Waals surface area contributed by atoms with E-state index in [-0.39, 0.29) is 11.9 Å². The largest absolute Gasteiger partial charge is 0.341 e.